The molecule has 0 saturated carbocycles. The minimum absolute atomic E-state index is 0.0221. The van der Waals surface area contributed by atoms with Crippen molar-refractivity contribution < 1.29 is 9.90 Å². The van der Waals surface area contributed by atoms with Gasteiger partial charge in [-0.25, -0.2) is 0 Å². The molecule has 0 aromatic heterocycles. The van der Waals surface area contributed by atoms with Crippen LogP contribution in [-0.4, -0.2) is 17.6 Å². The van der Waals surface area contributed by atoms with Gasteiger partial charge in [-0.3, -0.25) is 4.79 Å². The number of carbonyl (C=O) groups is 1. The normalized spacial score (nSPS) is 9.95. The quantitative estimate of drug-likeness (QED) is 0.816. The van der Waals surface area contributed by atoms with E-state index in [1.165, 1.54) is 0 Å². The van der Waals surface area contributed by atoms with Crippen LogP contribution in [0.2, 0.25) is 0 Å². The molecule has 2 N–H and O–H groups in total. The van der Waals surface area contributed by atoms with E-state index in [1.54, 1.807) is 0 Å². The SMILES string of the molecule is CCc1cc(C#CCCO)ccc1NC(=O)C(C)C. The minimum atomic E-state index is -0.0336. The van der Waals surface area contributed by atoms with E-state index >= 15 is 0 Å². The van der Waals surface area contributed by atoms with Crippen LogP contribution in [0.3, 0.4) is 0 Å². The van der Waals surface area contributed by atoms with E-state index in [9.17, 15) is 4.79 Å². The number of hydrogen-bond acceptors (Lipinski definition) is 2. The Balaban J connectivity index is 2.91. The van der Waals surface area contributed by atoms with Gasteiger partial charge < -0.3 is 10.4 Å². The summed E-state index contributed by atoms with van der Waals surface area (Å²) in [5.41, 5.74) is 2.84. The largest absolute Gasteiger partial charge is 0.395 e. The van der Waals surface area contributed by atoms with Gasteiger partial charge in [0.25, 0.3) is 0 Å². The van der Waals surface area contributed by atoms with Crippen molar-refractivity contribution in [3.63, 3.8) is 0 Å². The van der Waals surface area contributed by atoms with E-state index in [1.807, 2.05) is 39.0 Å². The van der Waals surface area contributed by atoms with Gasteiger partial charge in [-0.05, 0) is 30.2 Å². The van der Waals surface area contributed by atoms with Gasteiger partial charge in [0.05, 0.1) is 6.61 Å². The number of rotatable bonds is 4. The van der Waals surface area contributed by atoms with Crippen LogP contribution in [0.25, 0.3) is 0 Å². The van der Waals surface area contributed by atoms with Crippen molar-refractivity contribution in [2.75, 3.05) is 11.9 Å². The first-order chi connectivity index (χ1) is 9.08. The van der Waals surface area contributed by atoms with Gasteiger partial charge in [-0.15, -0.1) is 0 Å². The number of hydrogen-bond donors (Lipinski definition) is 2. The fourth-order valence-electron chi connectivity index (χ4n) is 1.58. The van der Waals surface area contributed by atoms with E-state index < -0.39 is 0 Å². The molecule has 102 valence electrons. The number of carbonyl (C=O) groups excluding carboxylic acids is 1. The average Bonchev–Trinajstić information content (AvgIpc) is 2.40. The third-order valence-corrected chi connectivity index (χ3v) is 2.74. The van der Waals surface area contributed by atoms with Gasteiger partial charge in [0.15, 0.2) is 0 Å². The smallest absolute Gasteiger partial charge is 0.226 e. The third kappa shape index (κ3) is 4.76. The van der Waals surface area contributed by atoms with Crippen LogP contribution in [0.1, 0.15) is 38.3 Å². The highest BCUT2D eigenvalue weighted by molar-refractivity contribution is 5.92. The third-order valence-electron chi connectivity index (χ3n) is 2.74. The van der Waals surface area contributed by atoms with Gasteiger partial charge in [0.2, 0.25) is 5.91 Å². The van der Waals surface area contributed by atoms with Crippen molar-refractivity contribution >= 4 is 11.6 Å². The van der Waals surface area contributed by atoms with Crippen LogP contribution in [0.5, 0.6) is 0 Å². The molecule has 0 aliphatic heterocycles. The maximum Gasteiger partial charge on any atom is 0.226 e. The lowest BCUT2D eigenvalue weighted by Crippen LogP contribution is -2.18. The Morgan fingerprint density at radius 1 is 1.42 bits per heavy atom. The Labute approximate surface area is 115 Å². The number of amides is 1. The zero-order valence-corrected chi connectivity index (χ0v) is 11.8. The molecule has 0 unspecified atom stereocenters. The van der Waals surface area contributed by atoms with Gasteiger partial charge in [0.1, 0.15) is 0 Å². The first-order valence-corrected chi connectivity index (χ1v) is 6.62. The second-order valence-electron chi connectivity index (χ2n) is 4.64. The number of aryl methyl sites for hydroxylation is 1. The van der Waals surface area contributed by atoms with Crippen molar-refractivity contribution in [1.29, 1.82) is 0 Å². The predicted molar refractivity (Wildman–Crippen MR) is 77.9 cm³/mol. The fraction of sp³-hybridized carbons (Fsp3) is 0.438. The molecular formula is C16H21NO2. The Bertz CT molecular complexity index is 495. The maximum atomic E-state index is 11.7. The van der Waals surface area contributed by atoms with Crippen LogP contribution in [-0.2, 0) is 11.2 Å². The summed E-state index contributed by atoms with van der Waals surface area (Å²) in [6, 6.07) is 5.77. The van der Waals surface area contributed by atoms with Crippen molar-refractivity contribution in [1.82, 2.24) is 0 Å². The number of nitrogens with one attached hydrogen (secondary N) is 1. The Morgan fingerprint density at radius 3 is 2.74 bits per heavy atom. The first kappa shape index (κ1) is 15.3. The highest BCUT2D eigenvalue weighted by Crippen LogP contribution is 2.18. The minimum Gasteiger partial charge on any atom is -0.395 e. The van der Waals surface area contributed by atoms with Crippen molar-refractivity contribution in [2.24, 2.45) is 5.92 Å². The van der Waals surface area contributed by atoms with Crippen LogP contribution in [0.4, 0.5) is 5.69 Å². The van der Waals surface area contributed by atoms with Crippen LogP contribution in [0.15, 0.2) is 18.2 Å². The van der Waals surface area contributed by atoms with E-state index in [-0.39, 0.29) is 18.4 Å². The van der Waals surface area contributed by atoms with Crippen molar-refractivity contribution in [3.8, 4) is 11.8 Å². The molecule has 0 atom stereocenters. The van der Waals surface area contributed by atoms with Gasteiger partial charge in [-0.2, -0.15) is 0 Å². The lowest BCUT2D eigenvalue weighted by molar-refractivity contribution is -0.118. The molecule has 0 radical (unpaired) electrons. The summed E-state index contributed by atoms with van der Waals surface area (Å²) in [5, 5.41) is 11.6. The molecule has 0 heterocycles. The molecule has 0 aliphatic rings. The lowest BCUT2D eigenvalue weighted by Gasteiger charge is -2.12. The summed E-state index contributed by atoms with van der Waals surface area (Å²) in [6.45, 7) is 5.87. The van der Waals surface area contributed by atoms with E-state index in [4.69, 9.17) is 5.11 Å². The molecule has 1 rings (SSSR count). The second kappa shape index (κ2) is 7.60. The molecule has 3 nitrogen and oxygen atoms in total. The summed E-state index contributed by atoms with van der Waals surface area (Å²) >= 11 is 0. The molecule has 0 aliphatic carbocycles. The molecule has 0 fully saturated rings. The Morgan fingerprint density at radius 2 is 2.16 bits per heavy atom. The van der Waals surface area contributed by atoms with E-state index in [0.717, 1.165) is 23.2 Å². The Hall–Kier alpha value is -1.79. The van der Waals surface area contributed by atoms with Crippen LogP contribution >= 0.6 is 0 Å². The second-order valence-corrected chi connectivity index (χ2v) is 4.64. The molecular weight excluding hydrogens is 238 g/mol. The average molecular weight is 259 g/mol. The van der Waals surface area contributed by atoms with Crippen molar-refractivity contribution in [2.45, 2.75) is 33.6 Å². The molecule has 1 aromatic rings. The zero-order chi connectivity index (χ0) is 14.3. The van der Waals surface area contributed by atoms with Gasteiger partial charge >= 0.3 is 0 Å². The number of anilines is 1. The highest BCUT2D eigenvalue weighted by atomic mass is 16.2. The summed E-state index contributed by atoms with van der Waals surface area (Å²) in [4.78, 5) is 11.7. The summed E-state index contributed by atoms with van der Waals surface area (Å²) in [5.74, 6) is 5.88. The predicted octanol–water partition coefficient (Wildman–Crippen LogP) is 2.58. The molecule has 0 bridgehead atoms. The summed E-state index contributed by atoms with van der Waals surface area (Å²) < 4.78 is 0. The van der Waals surface area contributed by atoms with Crippen molar-refractivity contribution in [3.05, 3.63) is 29.3 Å². The Kier molecular flexibility index (Phi) is 6.11. The molecule has 1 aromatic carbocycles. The fourth-order valence-corrected chi connectivity index (χ4v) is 1.58. The van der Waals surface area contributed by atoms with Crippen LogP contribution in [0, 0.1) is 17.8 Å². The molecule has 0 spiro atoms. The first-order valence-electron chi connectivity index (χ1n) is 6.62. The summed E-state index contributed by atoms with van der Waals surface area (Å²) in [7, 11) is 0. The highest BCUT2D eigenvalue weighted by Gasteiger charge is 2.09. The summed E-state index contributed by atoms with van der Waals surface area (Å²) in [6.07, 6.45) is 1.32. The monoisotopic (exact) mass is 259 g/mol. The van der Waals surface area contributed by atoms with Crippen LogP contribution < -0.4 is 5.32 Å². The maximum absolute atomic E-state index is 11.7. The number of benzene rings is 1. The van der Waals surface area contributed by atoms with E-state index in [2.05, 4.69) is 17.2 Å². The standard InChI is InChI=1S/C16H21NO2/c1-4-14-11-13(7-5-6-10-18)8-9-15(14)17-16(19)12(2)3/h8-9,11-12,18H,4,6,10H2,1-3H3,(H,17,19). The zero-order valence-electron chi connectivity index (χ0n) is 11.8. The molecule has 3 heteroatoms. The molecule has 0 saturated heterocycles. The molecule has 19 heavy (non-hydrogen) atoms. The lowest BCUT2D eigenvalue weighted by atomic mass is 10.1. The molecule has 1 amide bonds. The number of aliphatic hydroxyl groups excluding tert-OH is 1. The van der Waals surface area contributed by atoms with Gasteiger partial charge in [0, 0.05) is 23.6 Å². The number of aliphatic hydroxyl groups is 1. The van der Waals surface area contributed by atoms with E-state index in [0.29, 0.717) is 6.42 Å². The topological polar surface area (TPSA) is 49.3 Å². The van der Waals surface area contributed by atoms with Gasteiger partial charge in [-0.1, -0.05) is 32.6 Å².